The van der Waals surface area contributed by atoms with Crippen LogP contribution < -0.4 is 25.0 Å². The van der Waals surface area contributed by atoms with Crippen molar-refractivity contribution in [3.05, 3.63) is 70.6 Å². The summed E-state index contributed by atoms with van der Waals surface area (Å²) in [5.74, 6) is 0.753. The zero-order valence-electron chi connectivity index (χ0n) is 23.6. The number of methoxy groups -OCH3 is 2. The van der Waals surface area contributed by atoms with Gasteiger partial charge in [-0.1, -0.05) is 34.8 Å². The molecule has 0 bridgehead atoms. The molecule has 44 heavy (non-hydrogen) atoms. The maximum absolute atomic E-state index is 12.5. The largest absolute Gasteiger partial charge is 0.495 e. The molecule has 1 amide bonds. The Morgan fingerprint density at radius 2 is 1.75 bits per heavy atom. The molecule has 0 atom stereocenters. The summed E-state index contributed by atoms with van der Waals surface area (Å²) in [6.07, 6.45) is 6.37. The number of nitrogens with one attached hydrogen (secondary N) is 2. The van der Waals surface area contributed by atoms with Gasteiger partial charge >= 0.3 is 0 Å². The first kappa shape index (κ1) is 29.8. The molecule has 0 spiro atoms. The van der Waals surface area contributed by atoms with Crippen molar-refractivity contribution < 1.29 is 19.0 Å². The Kier molecular flexibility index (Phi) is 8.62. The Morgan fingerprint density at radius 1 is 1.00 bits per heavy atom. The normalized spacial score (nSPS) is 13.5. The first-order chi connectivity index (χ1) is 21.4. The molecule has 1 fully saturated rings. The lowest BCUT2D eigenvalue weighted by Gasteiger charge is -2.29. The lowest BCUT2D eigenvalue weighted by atomic mass is 10.0. The van der Waals surface area contributed by atoms with Gasteiger partial charge in [-0.05, 0) is 24.3 Å². The number of morpholine rings is 1. The van der Waals surface area contributed by atoms with Gasteiger partial charge in [-0.15, -0.1) is 0 Å². The highest BCUT2D eigenvalue weighted by atomic mass is 35.5. The third kappa shape index (κ3) is 5.67. The summed E-state index contributed by atoms with van der Waals surface area (Å²) in [6.45, 7) is 2.76. The van der Waals surface area contributed by atoms with Crippen LogP contribution in [0.15, 0.2) is 60.5 Å². The number of hydrogen-bond acceptors (Lipinski definition) is 9. The molecule has 1 saturated heterocycles. The molecule has 6 rings (SSSR count). The highest BCUT2D eigenvalue weighted by molar-refractivity contribution is 6.41. The van der Waals surface area contributed by atoms with E-state index in [1.54, 1.807) is 24.7 Å². The fourth-order valence-electron chi connectivity index (χ4n) is 5.05. The average molecular weight is 655 g/mol. The Hall–Kier alpha value is -4.29. The van der Waals surface area contributed by atoms with Gasteiger partial charge in [0.25, 0.3) is 0 Å². The molecule has 2 aromatic carbocycles. The number of aromatic nitrogens is 4. The fourth-order valence-corrected chi connectivity index (χ4v) is 5.87. The molecule has 5 aromatic rings. The number of nitrogens with zero attached hydrogens (tertiary/aromatic N) is 5. The van der Waals surface area contributed by atoms with Crippen molar-refractivity contribution in [2.45, 2.75) is 0 Å². The Balaban J connectivity index is 1.42. The van der Waals surface area contributed by atoms with Crippen molar-refractivity contribution in [3.8, 4) is 22.6 Å². The number of hydrogen-bond donors (Lipinski definition) is 2. The van der Waals surface area contributed by atoms with Crippen LogP contribution in [0.1, 0.15) is 0 Å². The zero-order chi connectivity index (χ0) is 30.8. The predicted molar refractivity (Wildman–Crippen MR) is 173 cm³/mol. The van der Waals surface area contributed by atoms with Gasteiger partial charge in [0.15, 0.2) is 5.65 Å². The third-order valence-corrected chi connectivity index (χ3v) is 8.02. The van der Waals surface area contributed by atoms with Crippen LogP contribution in [-0.4, -0.2) is 65.8 Å². The average Bonchev–Trinajstić information content (AvgIpc) is 3.54. The molecular weight excluding hydrogens is 629 g/mol. The number of imidazole rings is 1. The summed E-state index contributed by atoms with van der Waals surface area (Å²) in [7, 11) is 3.04. The zero-order valence-corrected chi connectivity index (χ0v) is 25.9. The number of fused-ring (bicyclic) bond motifs is 3. The van der Waals surface area contributed by atoms with Gasteiger partial charge in [0.05, 0.1) is 48.9 Å². The minimum atomic E-state index is -0.374. The van der Waals surface area contributed by atoms with E-state index in [0.29, 0.717) is 79.9 Å². The monoisotopic (exact) mass is 653 g/mol. The van der Waals surface area contributed by atoms with Crippen LogP contribution in [0.3, 0.4) is 0 Å². The van der Waals surface area contributed by atoms with Crippen LogP contribution in [-0.2, 0) is 9.53 Å². The van der Waals surface area contributed by atoms with E-state index >= 15 is 0 Å². The standard InChI is InChI=1S/C30H26Cl3N7O4/c1-42-22-15-23(43-2)27(33)25(26(22)32)19-13-17-16-35-30(38-28(17)40-8-7-34-29(19)40)37-20-4-3-18(39-9-11-44-12-10-39)14-21(20)36-24(41)5-6-31/h3-8,13-16H,9-12H2,1-2H3,(H,36,41)(H,35,37,38)/b6-5-. The van der Waals surface area contributed by atoms with Crippen LogP contribution in [0.4, 0.5) is 23.0 Å². The number of pyridine rings is 1. The SMILES string of the molecule is COc1cc(OC)c(Cl)c(-c2cc3cnc(Nc4ccc(N5CCOCC5)cc4NC(=O)/C=C\Cl)nc3n3ccnc23)c1Cl. The van der Waals surface area contributed by atoms with E-state index in [-0.39, 0.29) is 5.91 Å². The lowest BCUT2D eigenvalue weighted by molar-refractivity contribution is -0.111. The van der Waals surface area contributed by atoms with Crippen molar-refractivity contribution in [1.29, 1.82) is 0 Å². The summed E-state index contributed by atoms with van der Waals surface area (Å²) < 4.78 is 18.2. The highest BCUT2D eigenvalue weighted by Crippen LogP contribution is 2.47. The number of amides is 1. The Morgan fingerprint density at radius 3 is 2.45 bits per heavy atom. The van der Waals surface area contributed by atoms with Crippen molar-refractivity contribution in [3.63, 3.8) is 0 Å². The number of halogens is 3. The van der Waals surface area contributed by atoms with Crippen LogP contribution in [0.25, 0.3) is 27.8 Å². The summed E-state index contributed by atoms with van der Waals surface area (Å²) in [5.41, 5.74) is 5.55. The number of carbonyl (C=O) groups is 1. The van der Waals surface area contributed by atoms with Crippen molar-refractivity contribution in [1.82, 2.24) is 19.4 Å². The van der Waals surface area contributed by atoms with E-state index < -0.39 is 0 Å². The van der Waals surface area contributed by atoms with Crippen LogP contribution in [0.5, 0.6) is 11.5 Å². The van der Waals surface area contributed by atoms with Gasteiger partial charge in [-0.3, -0.25) is 9.20 Å². The quantitative estimate of drug-likeness (QED) is 0.180. The molecule has 14 heteroatoms. The van der Waals surface area contributed by atoms with Crippen molar-refractivity contribution in [2.24, 2.45) is 0 Å². The van der Waals surface area contributed by atoms with E-state index in [2.05, 4.69) is 25.5 Å². The summed E-state index contributed by atoms with van der Waals surface area (Å²) >= 11 is 19.1. The molecule has 11 nitrogen and oxygen atoms in total. The molecule has 0 aliphatic carbocycles. The lowest BCUT2D eigenvalue weighted by Crippen LogP contribution is -2.36. The van der Waals surface area contributed by atoms with Gasteiger partial charge in [-0.2, -0.15) is 4.98 Å². The second kappa shape index (κ2) is 12.7. The topological polar surface area (TPSA) is 115 Å². The molecule has 0 radical (unpaired) electrons. The maximum Gasteiger partial charge on any atom is 0.249 e. The number of rotatable bonds is 8. The number of ether oxygens (including phenoxy) is 3. The minimum Gasteiger partial charge on any atom is -0.495 e. The third-order valence-electron chi connectivity index (χ3n) is 7.15. The van der Waals surface area contributed by atoms with E-state index in [1.807, 2.05) is 28.7 Å². The second-order valence-electron chi connectivity index (χ2n) is 9.67. The summed E-state index contributed by atoms with van der Waals surface area (Å²) in [4.78, 5) is 28.6. The molecule has 2 N–H and O–H groups in total. The summed E-state index contributed by atoms with van der Waals surface area (Å²) in [6, 6.07) is 9.24. The molecule has 0 saturated carbocycles. The Bertz CT molecular complexity index is 1880. The minimum absolute atomic E-state index is 0.307. The molecule has 1 aliphatic rings. The number of anilines is 4. The molecule has 0 unspecified atom stereocenters. The van der Waals surface area contributed by atoms with E-state index in [9.17, 15) is 4.79 Å². The molecule has 226 valence electrons. The van der Waals surface area contributed by atoms with E-state index in [4.69, 9.17) is 54.0 Å². The maximum atomic E-state index is 12.5. The van der Waals surface area contributed by atoms with Crippen molar-refractivity contribution >= 4 is 80.4 Å². The second-order valence-corrected chi connectivity index (χ2v) is 10.7. The Labute approximate surface area is 267 Å². The van der Waals surface area contributed by atoms with Gasteiger partial charge in [0.2, 0.25) is 11.9 Å². The van der Waals surface area contributed by atoms with Gasteiger partial charge in [0, 0.05) is 71.6 Å². The van der Waals surface area contributed by atoms with E-state index in [0.717, 1.165) is 24.3 Å². The van der Waals surface area contributed by atoms with Gasteiger partial charge in [-0.25, -0.2) is 9.97 Å². The molecular formula is C30H26Cl3N7O4. The van der Waals surface area contributed by atoms with Crippen molar-refractivity contribution in [2.75, 3.05) is 56.1 Å². The fraction of sp³-hybridized carbons (Fsp3) is 0.200. The highest BCUT2D eigenvalue weighted by Gasteiger charge is 2.23. The van der Waals surface area contributed by atoms with Gasteiger partial charge in [0.1, 0.15) is 17.1 Å². The predicted octanol–water partition coefficient (Wildman–Crippen LogP) is 6.54. The van der Waals surface area contributed by atoms with E-state index in [1.165, 1.54) is 20.3 Å². The number of carbonyl (C=O) groups excluding carboxylic acids is 1. The van der Waals surface area contributed by atoms with Crippen LogP contribution >= 0.6 is 34.8 Å². The van der Waals surface area contributed by atoms with Crippen LogP contribution in [0.2, 0.25) is 10.0 Å². The van der Waals surface area contributed by atoms with Gasteiger partial charge < -0.3 is 29.7 Å². The first-order valence-electron chi connectivity index (χ1n) is 13.5. The molecule has 4 heterocycles. The molecule has 3 aromatic heterocycles. The smallest absolute Gasteiger partial charge is 0.249 e. The summed E-state index contributed by atoms with van der Waals surface area (Å²) in [5, 5.41) is 7.47. The molecule has 1 aliphatic heterocycles. The van der Waals surface area contributed by atoms with Crippen LogP contribution in [0, 0.1) is 0 Å². The number of benzene rings is 2. The first-order valence-corrected chi connectivity index (χ1v) is 14.7.